The number of rotatable bonds is 6. The molecule has 0 saturated carbocycles. The lowest BCUT2D eigenvalue weighted by Crippen LogP contribution is -2.31. The van der Waals surface area contributed by atoms with Gasteiger partial charge in [0.2, 0.25) is 5.78 Å². The summed E-state index contributed by atoms with van der Waals surface area (Å²) in [5, 5.41) is 0. The van der Waals surface area contributed by atoms with Crippen molar-refractivity contribution in [1.29, 1.82) is 0 Å². The highest BCUT2D eigenvalue weighted by Crippen LogP contribution is 2.22. The van der Waals surface area contributed by atoms with Crippen molar-refractivity contribution in [3.05, 3.63) is 59.7 Å². The molecule has 8 nitrogen and oxygen atoms in total. The van der Waals surface area contributed by atoms with Gasteiger partial charge in [-0.2, -0.15) is 0 Å². The minimum Gasteiger partial charge on any atom is -0.497 e. The van der Waals surface area contributed by atoms with Gasteiger partial charge in [-0.1, -0.05) is 12.1 Å². The molecule has 0 fully saturated rings. The fraction of sp³-hybridized carbons (Fsp3) is 0.250. The molecule has 0 amide bonds. The molecular formula is C20H20N2O6S. The molecular weight excluding hydrogens is 396 g/mol. The van der Waals surface area contributed by atoms with Crippen LogP contribution in [0, 0.1) is 0 Å². The molecule has 1 aliphatic rings. The fourth-order valence-electron chi connectivity index (χ4n) is 2.79. The van der Waals surface area contributed by atoms with Gasteiger partial charge in [-0.25, -0.2) is 13.2 Å². The van der Waals surface area contributed by atoms with Crippen LogP contribution in [0.25, 0.3) is 0 Å². The molecule has 0 spiro atoms. The highest BCUT2D eigenvalue weighted by molar-refractivity contribution is 7.90. The van der Waals surface area contributed by atoms with Crippen molar-refractivity contribution in [3.63, 3.8) is 0 Å². The van der Waals surface area contributed by atoms with E-state index >= 15 is 0 Å². The first-order chi connectivity index (χ1) is 13.7. The van der Waals surface area contributed by atoms with Crippen molar-refractivity contribution in [2.75, 3.05) is 7.11 Å². The van der Waals surface area contributed by atoms with Crippen LogP contribution in [0.3, 0.4) is 0 Å². The molecule has 0 aliphatic carbocycles. The Labute approximate surface area is 168 Å². The molecule has 3 rings (SSSR count). The number of methoxy groups -OCH3 is 1. The third-order valence-corrected chi connectivity index (χ3v) is 5.76. The van der Waals surface area contributed by atoms with Gasteiger partial charge in [-0.05, 0) is 50.2 Å². The van der Waals surface area contributed by atoms with Crippen molar-refractivity contribution < 1.29 is 27.5 Å². The lowest BCUT2D eigenvalue weighted by atomic mass is 10.1. The maximum absolute atomic E-state index is 12.5. The zero-order chi connectivity index (χ0) is 21.2. The van der Waals surface area contributed by atoms with Gasteiger partial charge in [0.25, 0.3) is 10.0 Å². The minimum absolute atomic E-state index is 0.0687. The van der Waals surface area contributed by atoms with Crippen molar-refractivity contribution in [1.82, 2.24) is 4.72 Å². The van der Waals surface area contributed by atoms with Crippen LogP contribution in [0.1, 0.15) is 29.8 Å². The zero-order valence-corrected chi connectivity index (χ0v) is 16.9. The van der Waals surface area contributed by atoms with Gasteiger partial charge in [-0.3, -0.25) is 14.5 Å². The number of ketones is 1. The summed E-state index contributed by atoms with van der Waals surface area (Å²) in [6.07, 6.45) is -1.02. The summed E-state index contributed by atoms with van der Waals surface area (Å²) < 4.78 is 36.9. The largest absolute Gasteiger partial charge is 0.497 e. The number of fused-ring (bicyclic) bond motifs is 1. The standard InChI is InChI=1S/C20H20N2O6S/c1-12(21-19-16-6-4-5-7-17(16)29(25,26)22-19)20(24)28-13(2)18(23)14-8-10-15(27-3)11-9-14/h4-13H,1-3H3,(H,21,22)/t12-,13?/m0/s1. The lowest BCUT2D eigenvalue weighted by Gasteiger charge is -2.15. The van der Waals surface area contributed by atoms with E-state index in [1.165, 1.54) is 27.0 Å². The molecule has 1 aliphatic heterocycles. The van der Waals surface area contributed by atoms with Crippen molar-refractivity contribution in [2.45, 2.75) is 30.9 Å². The van der Waals surface area contributed by atoms with Crippen LogP contribution in [-0.2, 0) is 19.6 Å². The van der Waals surface area contributed by atoms with E-state index in [0.717, 1.165) is 0 Å². The number of ether oxygens (including phenoxy) is 2. The molecule has 152 valence electrons. The number of esters is 1. The zero-order valence-electron chi connectivity index (χ0n) is 16.1. The monoisotopic (exact) mass is 416 g/mol. The van der Waals surface area contributed by atoms with Gasteiger partial charge in [0.1, 0.15) is 17.6 Å². The average molecular weight is 416 g/mol. The Balaban J connectivity index is 1.70. The first-order valence-electron chi connectivity index (χ1n) is 8.81. The van der Waals surface area contributed by atoms with Crippen LogP contribution in [0.4, 0.5) is 0 Å². The van der Waals surface area contributed by atoms with Crippen molar-refractivity contribution in [2.24, 2.45) is 4.99 Å². The number of hydrogen-bond acceptors (Lipinski definition) is 7. The Morgan fingerprint density at radius 1 is 1.03 bits per heavy atom. The van der Waals surface area contributed by atoms with Gasteiger partial charge in [0.15, 0.2) is 6.10 Å². The van der Waals surface area contributed by atoms with Crippen LogP contribution in [-0.4, -0.2) is 45.3 Å². The summed E-state index contributed by atoms with van der Waals surface area (Å²) >= 11 is 0. The van der Waals surface area contributed by atoms with Gasteiger partial charge in [0.05, 0.1) is 12.0 Å². The third-order valence-electron chi connectivity index (χ3n) is 4.36. The third kappa shape index (κ3) is 4.29. The molecule has 2 aromatic carbocycles. The van der Waals surface area contributed by atoms with Crippen molar-refractivity contribution in [3.8, 4) is 5.75 Å². The number of aliphatic imine (C=N–C) groups is 1. The van der Waals surface area contributed by atoms with E-state index in [-0.39, 0.29) is 16.5 Å². The number of amidine groups is 1. The second kappa shape index (κ2) is 8.04. The second-order valence-corrected chi connectivity index (χ2v) is 8.08. The molecule has 0 aromatic heterocycles. The quantitative estimate of drug-likeness (QED) is 0.569. The lowest BCUT2D eigenvalue weighted by molar-refractivity contribution is -0.147. The topological polar surface area (TPSA) is 111 Å². The van der Waals surface area contributed by atoms with Gasteiger partial charge in [0, 0.05) is 11.1 Å². The SMILES string of the molecule is COc1ccc(C(=O)C(C)OC(=O)[C@H](C)N=C2NS(=O)(=O)c3ccccc32)cc1. The first-order valence-corrected chi connectivity index (χ1v) is 10.3. The number of sulfonamides is 1. The molecule has 1 unspecified atom stereocenters. The van der Waals surface area contributed by atoms with E-state index < -0.39 is 28.1 Å². The molecule has 2 aromatic rings. The molecule has 0 radical (unpaired) electrons. The molecule has 0 saturated heterocycles. The average Bonchev–Trinajstić information content (AvgIpc) is 2.97. The fourth-order valence-corrected chi connectivity index (χ4v) is 4.03. The maximum atomic E-state index is 12.5. The Kier molecular flexibility index (Phi) is 5.69. The number of hydrogen-bond donors (Lipinski definition) is 1. The van der Waals surface area contributed by atoms with Crippen LogP contribution >= 0.6 is 0 Å². The second-order valence-electron chi connectivity index (χ2n) is 6.43. The van der Waals surface area contributed by atoms with E-state index in [2.05, 4.69) is 9.71 Å². The number of nitrogens with zero attached hydrogens (tertiary/aromatic N) is 1. The normalized spacial score (nSPS) is 17.7. The van der Waals surface area contributed by atoms with E-state index in [1.807, 2.05) is 0 Å². The Morgan fingerprint density at radius 2 is 1.69 bits per heavy atom. The maximum Gasteiger partial charge on any atom is 0.331 e. The Hall–Kier alpha value is -3.20. The summed E-state index contributed by atoms with van der Waals surface area (Å²) in [5.41, 5.74) is 0.761. The van der Waals surface area contributed by atoms with E-state index in [9.17, 15) is 18.0 Å². The minimum atomic E-state index is -3.70. The number of Topliss-reactive ketones (excluding diaryl/α,β-unsaturated/α-hetero) is 1. The van der Waals surface area contributed by atoms with Crippen LogP contribution in [0.5, 0.6) is 5.75 Å². The van der Waals surface area contributed by atoms with Crippen LogP contribution in [0.2, 0.25) is 0 Å². The van der Waals surface area contributed by atoms with Gasteiger partial charge in [-0.15, -0.1) is 0 Å². The molecule has 29 heavy (non-hydrogen) atoms. The Bertz CT molecular complexity index is 1080. The summed E-state index contributed by atoms with van der Waals surface area (Å²) in [6, 6.07) is 11.8. The van der Waals surface area contributed by atoms with Gasteiger partial charge < -0.3 is 9.47 Å². The molecule has 1 heterocycles. The molecule has 0 bridgehead atoms. The summed E-state index contributed by atoms with van der Waals surface area (Å²) in [5.74, 6) is -0.433. The summed E-state index contributed by atoms with van der Waals surface area (Å²) in [4.78, 5) is 29.1. The number of carbonyl (C=O) groups excluding carboxylic acids is 2. The predicted octanol–water partition coefficient (Wildman–Crippen LogP) is 1.94. The first kappa shape index (κ1) is 20.5. The predicted molar refractivity (Wildman–Crippen MR) is 106 cm³/mol. The van der Waals surface area contributed by atoms with E-state index in [4.69, 9.17) is 9.47 Å². The highest BCUT2D eigenvalue weighted by atomic mass is 32.2. The van der Waals surface area contributed by atoms with Crippen LogP contribution in [0.15, 0.2) is 58.4 Å². The number of nitrogens with one attached hydrogen (secondary N) is 1. The Morgan fingerprint density at radius 3 is 2.34 bits per heavy atom. The van der Waals surface area contributed by atoms with E-state index in [1.54, 1.807) is 42.5 Å². The summed E-state index contributed by atoms with van der Waals surface area (Å²) in [6.45, 7) is 2.94. The smallest absolute Gasteiger partial charge is 0.331 e. The molecule has 2 atom stereocenters. The molecule has 9 heteroatoms. The van der Waals surface area contributed by atoms with E-state index in [0.29, 0.717) is 16.9 Å². The van der Waals surface area contributed by atoms with Crippen molar-refractivity contribution >= 4 is 27.6 Å². The summed E-state index contributed by atoms with van der Waals surface area (Å²) in [7, 11) is -2.18. The number of carbonyl (C=O) groups is 2. The number of benzene rings is 2. The molecule has 1 N–H and O–H groups in total. The highest BCUT2D eigenvalue weighted by Gasteiger charge is 2.31. The van der Waals surface area contributed by atoms with Gasteiger partial charge >= 0.3 is 5.97 Å². The van der Waals surface area contributed by atoms with Crippen LogP contribution < -0.4 is 9.46 Å².